The molecule has 10 atom stereocenters. The molecule has 24 N–H and O–H groups in total. The number of guanidine groups is 2. The van der Waals surface area contributed by atoms with Gasteiger partial charge in [-0.25, -0.2) is 0 Å². The fraction of sp³-hybridized carbons (Fsp3) is 0.515. The molecule has 3 aromatic rings. The molecule has 33 heteroatoms. The van der Waals surface area contributed by atoms with Gasteiger partial charge in [0, 0.05) is 38.1 Å². The van der Waals surface area contributed by atoms with E-state index in [1.54, 1.807) is 94.6 Å². The number of nitrogens with one attached hydrogen (secondary N) is 10. The lowest BCUT2D eigenvalue weighted by Gasteiger charge is -2.29. The molecule has 32 nitrogen and oxygen atoms in total. The standard InChI is InChI=1S/C66H100N18O14S/c1-36(2)28-43(67)55(89)78-47(30-39-16-10-8-11-17-39)59(93)77-45(21-15-27-74-66(71)72)57(91)84-54(38(5)6)64(98)82-49(32-41-22-24-42(85)25-23-41)61(95)83-51(35-99-7)63(97)81-50(33-52(68)86)62(96)80-48(31-40-18-12-9-13-19-40)60(94)79-46(29-37(3)4)58(92)76-44(20-14-26-73-65(69)70)56(90)75-34-53(87)88/h8-13,16-19,22-25,36-38,43-51,54,85H,14-15,20-21,26-35,67H2,1-7H3,(H2,68,86)(H,75,90)(H,76,92)(H,77,93)(H,78,89)(H,79,94)(H,80,96)(H,81,97)(H,82,98)(H,83,95)(H,84,91)(H,87,88)(H4,69,70,73)(H4,71,72,74)/t43-,44-,45-,46-,47-,48-,49-,50-,51-,54-/m0/s1. The number of hydrogen-bond acceptors (Lipinski definition) is 17. The van der Waals surface area contributed by atoms with Crippen LogP contribution in [-0.2, 0) is 76.8 Å². The van der Waals surface area contributed by atoms with E-state index in [-0.39, 0.29) is 99.7 Å². The monoisotopic (exact) mass is 1400 g/mol. The zero-order valence-electron chi connectivity index (χ0n) is 57.0. The third-order valence-corrected chi connectivity index (χ3v) is 15.7. The van der Waals surface area contributed by atoms with E-state index in [2.05, 4.69) is 63.2 Å². The van der Waals surface area contributed by atoms with Gasteiger partial charge in [-0.05, 0) is 91.4 Å². The van der Waals surface area contributed by atoms with Gasteiger partial charge in [0.15, 0.2) is 11.9 Å². The third kappa shape index (κ3) is 32.2. The van der Waals surface area contributed by atoms with Gasteiger partial charge in [-0.1, -0.05) is 114 Å². The number of nitrogens with two attached hydrogens (primary N) is 6. The fourth-order valence-corrected chi connectivity index (χ4v) is 10.6. The number of aromatic hydroxyl groups is 1. The Morgan fingerprint density at radius 3 is 1.25 bits per heavy atom. The molecule has 0 radical (unpaired) electrons. The minimum absolute atomic E-state index is 0.000621. The summed E-state index contributed by atoms with van der Waals surface area (Å²) in [6, 6.07) is 8.87. The second-order valence-corrected chi connectivity index (χ2v) is 25.9. The lowest BCUT2D eigenvalue weighted by atomic mass is 9.99. The summed E-state index contributed by atoms with van der Waals surface area (Å²) in [5, 5.41) is 45.4. The number of carbonyl (C=O) groups excluding carboxylic acids is 11. The molecule has 0 aliphatic carbocycles. The quantitative estimate of drug-likeness (QED) is 0.0157. The van der Waals surface area contributed by atoms with Crippen LogP contribution >= 0.6 is 11.8 Å². The van der Waals surface area contributed by atoms with Crippen molar-refractivity contribution < 1.29 is 67.7 Å². The number of nitrogens with zero attached hydrogens (tertiary/aromatic N) is 2. The zero-order chi connectivity index (χ0) is 73.9. The van der Waals surface area contributed by atoms with E-state index in [0.29, 0.717) is 23.1 Å². The van der Waals surface area contributed by atoms with Crippen molar-refractivity contribution in [2.24, 2.45) is 62.1 Å². The van der Waals surface area contributed by atoms with E-state index in [1.807, 2.05) is 13.8 Å². The molecule has 0 aromatic heterocycles. The summed E-state index contributed by atoms with van der Waals surface area (Å²) in [6.45, 7) is 9.86. The van der Waals surface area contributed by atoms with Gasteiger partial charge in [0.25, 0.3) is 0 Å². The number of phenols is 1. The van der Waals surface area contributed by atoms with Crippen molar-refractivity contribution >= 4 is 94.6 Å². The van der Waals surface area contributed by atoms with Gasteiger partial charge in [-0.3, -0.25) is 67.5 Å². The van der Waals surface area contributed by atoms with Crippen molar-refractivity contribution in [3.63, 3.8) is 0 Å². The number of thioether (sulfide) groups is 1. The molecule has 0 aliphatic heterocycles. The van der Waals surface area contributed by atoms with Crippen molar-refractivity contribution in [1.82, 2.24) is 53.2 Å². The third-order valence-electron chi connectivity index (χ3n) is 15.1. The first-order valence-electron chi connectivity index (χ1n) is 32.5. The van der Waals surface area contributed by atoms with Crippen LogP contribution < -0.4 is 87.6 Å². The van der Waals surface area contributed by atoms with Crippen molar-refractivity contribution in [1.29, 1.82) is 0 Å². The second kappa shape index (κ2) is 43.3. The summed E-state index contributed by atoms with van der Waals surface area (Å²) in [6.07, 6.45) is 0.848. The Hall–Kier alpha value is -10.0. The molecule has 0 saturated carbocycles. The number of rotatable bonds is 44. The average Bonchev–Trinajstić information content (AvgIpc) is 0.860. The van der Waals surface area contributed by atoms with Crippen molar-refractivity contribution in [3.8, 4) is 5.75 Å². The van der Waals surface area contributed by atoms with Crippen LogP contribution in [-0.4, -0.2) is 185 Å². The van der Waals surface area contributed by atoms with Gasteiger partial charge in [-0.2, -0.15) is 11.8 Å². The molecule has 544 valence electrons. The zero-order valence-corrected chi connectivity index (χ0v) is 57.9. The highest BCUT2D eigenvalue weighted by molar-refractivity contribution is 7.98. The van der Waals surface area contributed by atoms with Gasteiger partial charge in [-0.15, -0.1) is 0 Å². The number of aliphatic imine (C=N–C) groups is 2. The highest BCUT2D eigenvalue weighted by atomic mass is 32.2. The van der Waals surface area contributed by atoms with Crippen molar-refractivity contribution in [2.45, 2.75) is 166 Å². The van der Waals surface area contributed by atoms with Crippen molar-refractivity contribution in [3.05, 3.63) is 102 Å². The maximum Gasteiger partial charge on any atom is 0.322 e. The molecule has 3 rings (SSSR count). The van der Waals surface area contributed by atoms with E-state index >= 15 is 0 Å². The summed E-state index contributed by atoms with van der Waals surface area (Å²) in [5.41, 5.74) is 35.5. The highest BCUT2D eigenvalue weighted by Crippen LogP contribution is 2.16. The maximum atomic E-state index is 14.7. The minimum atomic E-state index is -1.80. The number of amides is 11. The van der Waals surface area contributed by atoms with Crippen LogP contribution in [0.2, 0.25) is 0 Å². The number of primary amides is 1. The van der Waals surface area contributed by atoms with Gasteiger partial charge in [0.2, 0.25) is 65.0 Å². The van der Waals surface area contributed by atoms with E-state index < -0.39 is 150 Å². The molecule has 0 bridgehead atoms. The molecule has 0 saturated heterocycles. The number of aliphatic carboxylic acids is 1. The van der Waals surface area contributed by atoms with Gasteiger partial charge in [0.1, 0.15) is 66.7 Å². The van der Waals surface area contributed by atoms with Gasteiger partial charge >= 0.3 is 5.97 Å². The number of carbonyl (C=O) groups is 12. The maximum absolute atomic E-state index is 14.7. The van der Waals surface area contributed by atoms with Crippen LogP contribution in [0, 0.1) is 17.8 Å². The normalized spacial score (nSPS) is 14.1. The molecule has 0 unspecified atom stereocenters. The molecule has 0 fully saturated rings. The molecule has 3 aromatic carbocycles. The van der Waals surface area contributed by atoms with E-state index in [1.165, 1.54) is 24.3 Å². The molecule has 11 amide bonds. The van der Waals surface area contributed by atoms with E-state index in [9.17, 15) is 67.7 Å². The van der Waals surface area contributed by atoms with Crippen molar-refractivity contribution in [2.75, 3.05) is 31.6 Å². The highest BCUT2D eigenvalue weighted by Gasteiger charge is 2.37. The molecular formula is C66H100N18O14S. The lowest BCUT2D eigenvalue weighted by Crippen LogP contribution is -2.62. The summed E-state index contributed by atoms with van der Waals surface area (Å²) < 4.78 is 0. The summed E-state index contributed by atoms with van der Waals surface area (Å²) in [7, 11) is 0. The largest absolute Gasteiger partial charge is 0.508 e. The van der Waals surface area contributed by atoms with E-state index in [4.69, 9.17) is 34.4 Å². The molecular weight excluding hydrogens is 1300 g/mol. The van der Waals surface area contributed by atoms with Crippen LogP contribution in [0.1, 0.15) is 103 Å². The second-order valence-electron chi connectivity index (χ2n) is 25.0. The Bertz CT molecular complexity index is 3230. The average molecular weight is 1400 g/mol. The van der Waals surface area contributed by atoms with Crippen LogP contribution in [0.5, 0.6) is 5.75 Å². The number of hydrogen-bond donors (Lipinski definition) is 18. The summed E-state index contributed by atoms with van der Waals surface area (Å²) in [4.78, 5) is 174. The van der Waals surface area contributed by atoms with Gasteiger partial charge < -0.3 is 97.8 Å². The van der Waals surface area contributed by atoms with Crippen LogP contribution in [0.15, 0.2) is 94.9 Å². The number of benzene rings is 3. The summed E-state index contributed by atoms with van der Waals surface area (Å²) >= 11 is 1.09. The van der Waals surface area contributed by atoms with Crippen LogP contribution in [0.4, 0.5) is 0 Å². The molecule has 0 aliphatic rings. The predicted octanol–water partition coefficient (Wildman–Crippen LogP) is -2.59. The Labute approximate surface area is 580 Å². The van der Waals surface area contributed by atoms with Gasteiger partial charge in [0.05, 0.1) is 12.5 Å². The Morgan fingerprint density at radius 2 is 0.818 bits per heavy atom. The number of phenolic OH excluding ortho intramolecular Hbond substituents is 1. The fourth-order valence-electron chi connectivity index (χ4n) is 10.1. The molecule has 0 spiro atoms. The summed E-state index contributed by atoms with van der Waals surface area (Å²) in [5.74, 6) is -12.7. The smallest absolute Gasteiger partial charge is 0.322 e. The minimum Gasteiger partial charge on any atom is -0.508 e. The Kier molecular flexibility index (Phi) is 36.4. The topological polar surface area (TPSA) is 546 Å². The molecule has 99 heavy (non-hydrogen) atoms. The number of carboxylic acid groups (broad SMARTS) is 1. The molecule has 0 heterocycles. The first kappa shape index (κ1) is 83.2. The predicted molar refractivity (Wildman–Crippen MR) is 374 cm³/mol. The van der Waals surface area contributed by atoms with E-state index in [0.717, 1.165) is 11.8 Å². The van der Waals surface area contributed by atoms with Crippen LogP contribution in [0.3, 0.4) is 0 Å². The number of carboxylic acids is 1. The van der Waals surface area contributed by atoms with Crippen LogP contribution in [0.25, 0.3) is 0 Å². The lowest BCUT2D eigenvalue weighted by molar-refractivity contribution is -0.138. The first-order chi connectivity index (χ1) is 46.8. The Balaban J connectivity index is 1.99. The first-order valence-corrected chi connectivity index (χ1v) is 33.9. The SMILES string of the molecule is CSC[C@H](NC(=O)[C@H](Cc1ccc(O)cc1)NC(=O)[C@@H](NC(=O)[C@H](CCCN=C(N)N)NC(=O)[C@H](Cc1ccccc1)NC(=O)[C@@H](N)CC(C)C)C(C)C)C(=O)N[C@@H](CC(N)=O)C(=O)N[C@@H](Cc1ccccc1)C(=O)N[C@@H](CC(C)C)C(=O)N[C@@H](CCCN=C(N)N)C(=O)NCC(=O)O. The Morgan fingerprint density at radius 1 is 0.444 bits per heavy atom.